The van der Waals surface area contributed by atoms with Gasteiger partial charge in [-0.15, -0.1) is 0 Å². The molecule has 1 aliphatic rings. The van der Waals surface area contributed by atoms with Gasteiger partial charge in [0.05, 0.1) is 0 Å². The molecule has 0 saturated carbocycles. The quantitative estimate of drug-likeness (QED) is 0.531. The first-order valence-electron chi connectivity index (χ1n) is 11.1. The Hall–Kier alpha value is -3.11. The monoisotopic (exact) mass is 414 g/mol. The third-order valence-corrected chi connectivity index (χ3v) is 5.89. The van der Waals surface area contributed by atoms with Crippen molar-refractivity contribution in [3.63, 3.8) is 0 Å². The summed E-state index contributed by atoms with van der Waals surface area (Å²) in [5, 5.41) is 0. The number of piperidine rings is 1. The van der Waals surface area contributed by atoms with Crippen LogP contribution in [0, 0.1) is 0 Å². The average molecular weight is 415 g/mol. The van der Waals surface area contributed by atoms with Gasteiger partial charge in [0.15, 0.2) is 6.61 Å². The number of carbonyl (C=O) groups is 1. The van der Waals surface area contributed by atoms with E-state index in [-0.39, 0.29) is 18.6 Å². The molecule has 0 N–H and O–H groups in total. The molecule has 0 aromatic heterocycles. The van der Waals surface area contributed by atoms with Gasteiger partial charge in [-0.05, 0) is 49.1 Å². The zero-order valence-corrected chi connectivity index (χ0v) is 17.9. The minimum absolute atomic E-state index is 0.0118. The Balaban J connectivity index is 1.36. The summed E-state index contributed by atoms with van der Waals surface area (Å²) in [5.74, 6) is 0.734. The Morgan fingerprint density at radius 1 is 0.839 bits per heavy atom. The molecule has 3 aromatic carbocycles. The number of amides is 1. The van der Waals surface area contributed by atoms with Gasteiger partial charge in [-0.2, -0.15) is 0 Å². The van der Waals surface area contributed by atoms with E-state index in [4.69, 9.17) is 4.74 Å². The zero-order chi connectivity index (χ0) is 21.3. The molecule has 0 bridgehead atoms. The van der Waals surface area contributed by atoms with Gasteiger partial charge in [0.1, 0.15) is 5.75 Å². The molecule has 1 heterocycles. The number of ether oxygens (including phenoxy) is 1. The van der Waals surface area contributed by atoms with E-state index in [1.807, 2.05) is 65.6 Å². The highest BCUT2D eigenvalue weighted by atomic mass is 16.5. The summed E-state index contributed by atoms with van der Waals surface area (Å²) in [6.45, 7) is 3.13. The van der Waals surface area contributed by atoms with E-state index in [1.54, 1.807) is 0 Å². The highest BCUT2D eigenvalue weighted by Crippen LogP contribution is 2.24. The molecule has 4 heteroatoms. The summed E-state index contributed by atoms with van der Waals surface area (Å²) < 4.78 is 5.77. The number of hydrogen-bond acceptors (Lipinski definition) is 3. The lowest BCUT2D eigenvalue weighted by molar-refractivity contribution is -0.121. The topological polar surface area (TPSA) is 32.8 Å². The molecular weight excluding hydrogens is 384 g/mol. The van der Waals surface area contributed by atoms with Crippen molar-refractivity contribution in [3.8, 4) is 5.75 Å². The van der Waals surface area contributed by atoms with E-state index in [0.29, 0.717) is 0 Å². The number of likely N-dealkylation sites (tertiary alicyclic amines) is 1. The van der Waals surface area contributed by atoms with Crippen LogP contribution in [0.2, 0.25) is 0 Å². The van der Waals surface area contributed by atoms with Gasteiger partial charge in [0, 0.05) is 31.4 Å². The summed E-state index contributed by atoms with van der Waals surface area (Å²) in [6, 6.07) is 30.4. The van der Waals surface area contributed by atoms with Crippen molar-refractivity contribution in [2.75, 3.05) is 31.1 Å². The van der Waals surface area contributed by atoms with Crippen LogP contribution in [-0.2, 0) is 11.2 Å². The number of para-hydroxylation sites is 2. The molecule has 1 fully saturated rings. The van der Waals surface area contributed by atoms with Gasteiger partial charge < -0.3 is 14.5 Å². The lowest BCUT2D eigenvalue weighted by atomic mass is 10.0. The smallest absolute Gasteiger partial charge is 0.265 e. The van der Waals surface area contributed by atoms with Crippen molar-refractivity contribution in [2.45, 2.75) is 25.3 Å². The van der Waals surface area contributed by atoms with Crippen LogP contribution >= 0.6 is 0 Å². The van der Waals surface area contributed by atoms with Crippen LogP contribution in [0.1, 0.15) is 18.4 Å². The maximum atomic E-state index is 13.2. The normalized spacial score (nSPS) is 14.8. The number of rotatable bonds is 8. The highest BCUT2D eigenvalue weighted by Gasteiger charge is 2.29. The number of benzene rings is 3. The summed E-state index contributed by atoms with van der Waals surface area (Å²) in [5.41, 5.74) is 2.33. The summed E-state index contributed by atoms with van der Waals surface area (Å²) in [4.78, 5) is 17.7. The Morgan fingerprint density at radius 3 is 2.06 bits per heavy atom. The van der Waals surface area contributed by atoms with E-state index in [2.05, 4.69) is 35.2 Å². The molecule has 4 rings (SSSR count). The van der Waals surface area contributed by atoms with Crippen molar-refractivity contribution in [2.24, 2.45) is 0 Å². The molecule has 3 aromatic rings. The van der Waals surface area contributed by atoms with Gasteiger partial charge in [0.25, 0.3) is 5.91 Å². The largest absolute Gasteiger partial charge is 0.484 e. The molecule has 0 atom stereocenters. The first-order valence-corrected chi connectivity index (χ1v) is 11.1. The summed E-state index contributed by atoms with van der Waals surface area (Å²) in [6.07, 6.45) is 3.01. The van der Waals surface area contributed by atoms with Crippen molar-refractivity contribution >= 4 is 11.6 Å². The number of anilines is 1. The van der Waals surface area contributed by atoms with Crippen LogP contribution in [-0.4, -0.2) is 43.1 Å². The fourth-order valence-corrected chi connectivity index (χ4v) is 4.21. The van der Waals surface area contributed by atoms with Crippen LogP contribution < -0.4 is 9.64 Å². The van der Waals surface area contributed by atoms with Crippen LogP contribution in [0.4, 0.5) is 5.69 Å². The average Bonchev–Trinajstić information content (AvgIpc) is 2.84. The standard InChI is InChI=1S/C27H30N2O2/c30-27(22-31-26-14-8-3-9-15-26)29(24-12-6-2-7-13-24)25-17-20-28(21-18-25)19-16-23-10-4-1-5-11-23/h1-15,25H,16-22H2. The molecule has 0 radical (unpaired) electrons. The molecule has 1 aliphatic heterocycles. The SMILES string of the molecule is O=C(COc1ccccc1)N(c1ccccc1)C1CCN(CCc2ccccc2)CC1. The molecule has 1 amide bonds. The van der Waals surface area contributed by atoms with E-state index in [0.717, 1.165) is 50.3 Å². The van der Waals surface area contributed by atoms with Gasteiger partial charge in [0.2, 0.25) is 0 Å². The molecule has 160 valence electrons. The second kappa shape index (κ2) is 10.8. The molecule has 4 nitrogen and oxygen atoms in total. The second-order valence-electron chi connectivity index (χ2n) is 8.01. The Labute approximate surface area is 185 Å². The summed E-state index contributed by atoms with van der Waals surface area (Å²) >= 11 is 0. The zero-order valence-electron chi connectivity index (χ0n) is 17.9. The first-order chi connectivity index (χ1) is 15.3. The third kappa shape index (κ3) is 5.96. The fraction of sp³-hybridized carbons (Fsp3) is 0.296. The maximum Gasteiger partial charge on any atom is 0.265 e. The van der Waals surface area contributed by atoms with Crippen molar-refractivity contribution < 1.29 is 9.53 Å². The van der Waals surface area contributed by atoms with E-state index < -0.39 is 0 Å². The Kier molecular flexibility index (Phi) is 7.35. The molecule has 31 heavy (non-hydrogen) atoms. The van der Waals surface area contributed by atoms with Gasteiger partial charge in [-0.25, -0.2) is 0 Å². The number of nitrogens with zero attached hydrogens (tertiary/aromatic N) is 2. The lowest BCUT2D eigenvalue weighted by Gasteiger charge is -2.38. The van der Waals surface area contributed by atoms with Crippen LogP contribution in [0.5, 0.6) is 5.75 Å². The minimum Gasteiger partial charge on any atom is -0.484 e. The Bertz CT molecular complexity index is 923. The van der Waals surface area contributed by atoms with Crippen molar-refractivity contribution in [3.05, 3.63) is 96.6 Å². The second-order valence-corrected chi connectivity index (χ2v) is 8.01. The predicted octanol–water partition coefficient (Wildman–Crippen LogP) is 4.81. The molecule has 0 unspecified atom stereocenters. The van der Waals surface area contributed by atoms with Gasteiger partial charge in [-0.1, -0.05) is 66.7 Å². The minimum atomic E-state index is 0.0118. The summed E-state index contributed by atoms with van der Waals surface area (Å²) in [7, 11) is 0. The van der Waals surface area contributed by atoms with E-state index in [1.165, 1.54) is 5.56 Å². The predicted molar refractivity (Wildman–Crippen MR) is 125 cm³/mol. The van der Waals surface area contributed by atoms with Crippen LogP contribution in [0.25, 0.3) is 0 Å². The van der Waals surface area contributed by atoms with Gasteiger partial charge >= 0.3 is 0 Å². The van der Waals surface area contributed by atoms with Gasteiger partial charge in [-0.3, -0.25) is 4.79 Å². The lowest BCUT2D eigenvalue weighted by Crippen LogP contribution is -2.49. The number of carbonyl (C=O) groups excluding carboxylic acids is 1. The first kappa shape index (κ1) is 21.1. The van der Waals surface area contributed by atoms with Crippen molar-refractivity contribution in [1.82, 2.24) is 4.90 Å². The van der Waals surface area contributed by atoms with Crippen LogP contribution in [0.15, 0.2) is 91.0 Å². The van der Waals surface area contributed by atoms with Crippen molar-refractivity contribution in [1.29, 1.82) is 0 Å². The third-order valence-electron chi connectivity index (χ3n) is 5.89. The van der Waals surface area contributed by atoms with E-state index in [9.17, 15) is 4.79 Å². The molecule has 0 aliphatic carbocycles. The molecule has 1 saturated heterocycles. The fourth-order valence-electron chi connectivity index (χ4n) is 4.21. The molecule has 0 spiro atoms. The number of hydrogen-bond donors (Lipinski definition) is 0. The molecular formula is C27H30N2O2. The highest BCUT2D eigenvalue weighted by molar-refractivity contribution is 5.95. The van der Waals surface area contributed by atoms with E-state index >= 15 is 0 Å². The Morgan fingerprint density at radius 2 is 1.42 bits per heavy atom. The van der Waals surface area contributed by atoms with Crippen LogP contribution in [0.3, 0.4) is 0 Å². The maximum absolute atomic E-state index is 13.2.